The van der Waals surface area contributed by atoms with Crippen molar-refractivity contribution in [2.75, 3.05) is 19.8 Å². The van der Waals surface area contributed by atoms with E-state index in [-0.39, 0.29) is 22.2 Å². The van der Waals surface area contributed by atoms with E-state index in [1.54, 1.807) is 0 Å². The molecule has 1 unspecified atom stereocenters. The van der Waals surface area contributed by atoms with Crippen molar-refractivity contribution in [3.63, 3.8) is 0 Å². The minimum Gasteiger partial charge on any atom is -0.374 e. The second kappa shape index (κ2) is 15.0. The molecule has 0 amide bonds. The van der Waals surface area contributed by atoms with Gasteiger partial charge in [-0.3, -0.25) is 0 Å². The number of benzene rings is 3. The van der Waals surface area contributed by atoms with Crippen molar-refractivity contribution in [2.45, 2.75) is 74.1 Å². The van der Waals surface area contributed by atoms with E-state index < -0.39 is 18.2 Å². The van der Waals surface area contributed by atoms with Crippen molar-refractivity contribution in [1.29, 1.82) is 0 Å². The maximum absolute atomic E-state index is 6.61. The van der Waals surface area contributed by atoms with Gasteiger partial charge < -0.3 is 33.2 Å². The summed E-state index contributed by atoms with van der Waals surface area (Å²) in [7, 11) is 0. The molecule has 0 N–H and O–H groups in total. The molecule has 0 saturated carbocycles. The van der Waals surface area contributed by atoms with Crippen LogP contribution >= 0.6 is 22.6 Å². The van der Waals surface area contributed by atoms with E-state index in [2.05, 4.69) is 59.0 Å². The van der Waals surface area contributed by atoms with Gasteiger partial charge in [-0.25, -0.2) is 0 Å². The molecule has 0 aromatic heterocycles. The Morgan fingerprint density at radius 2 is 1.24 bits per heavy atom. The fraction of sp³-hybridized carbons (Fsp3) is 0.455. The van der Waals surface area contributed by atoms with Gasteiger partial charge in [-0.2, -0.15) is 0 Å². The maximum Gasteiger partial charge on any atom is 0.172 e. The van der Waals surface area contributed by atoms with Gasteiger partial charge >= 0.3 is 0 Å². The lowest BCUT2D eigenvalue weighted by Gasteiger charge is -2.44. The van der Waals surface area contributed by atoms with Gasteiger partial charge in [0.2, 0.25) is 0 Å². The molecule has 6 atom stereocenters. The maximum atomic E-state index is 6.61. The lowest BCUT2D eigenvalue weighted by atomic mass is 10.0. The van der Waals surface area contributed by atoms with Gasteiger partial charge in [0.1, 0.15) is 24.4 Å². The topological polar surface area (TPSA) is 64.6 Å². The van der Waals surface area contributed by atoms with Crippen molar-refractivity contribution >= 4 is 22.6 Å². The first-order valence-corrected chi connectivity index (χ1v) is 15.4. The average molecular weight is 675 g/mol. The van der Waals surface area contributed by atoms with Gasteiger partial charge in [0.25, 0.3) is 0 Å². The first-order chi connectivity index (χ1) is 20.0. The second-order valence-corrected chi connectivity index (χ2v) is 12.2. The van der Waals surface area contributed by atoms with Crippen LogP contribution in [0.15, 0.2) is 91.0 Å². The standard InChI is InChI=1S/C33H39IO7/c1-33(2)39-22-27(41-33)21-38-32-29(34)31(37-20-26-16-10-5-11-17-26)30(36-19-25-14-8-4-9-15-25)28(40-32)23-35-18-24-12-6-3-7-13-24/h3-17,27-32H,18-23H2,1-2H3/t27?,28-,29-,30-,31-,32-/m1/s1. The normalized spacial score (nSPS) is 27.6. The number of rotatable bonds is 13. The molecule has 2 heterocycles. The predicted octanol–water partition coefficient (Wildman–Crippen LogP) is 6.07. The third-order valence-electron chi connectivity index (χ3n) is 7.05. The van der Waals surface area contributed by atoms with Crippen LogP contribution in [0.1, 0.15) is 30.5 Å². The molecule has 2 fully saturated rings. The van der Waals surface area contributed by atoms with E-state index in [0.29, 0.717) is 39.6 Å². The summed E-state index contributed by atoms with van der Waals surface area (Å²) in [6, 6.07) is 30.4. The van der Waals surface area contributed by atoms with E-state index in [9.17, 15) is 0 Å². The number of hydrogen-bond acceptors (Lipinski definition) is 7. The lowest BCUT2D eigenvalue weighted by Crippen LogP contribution is -2.59. The van der Waals surface area contributed by atoms with Crippen molar-refractivity contribution in [3.8, 4) is 0 Å². The van der Waals surface area contributed by atoms with Gasteiger partial charge in [-0.15, -0.1) is 0 Å². The Bertz CT molecular complexity index is 1160. The van der Waals surface area contributed by atoms with Gasteiger partial charge in [-0.1, -0.05) is 114 Å². The van der Waals surface area contributed by atoms with Crippen LogP contribution < -0.4 is 0 Å². The van der Waals surface area contributed by atoms with Gasteiger partial charge in [0, 0.05) is 0 Å². The molecule has 0 bridgehead atoms. The van der Waals surface area contributed by atoms with Gasteiger partial charge in [0.15, 0.2) is 12.1 Å². The quantitative estimate of drug-likeness (QED) is 0.161. The largest absolute Gasteiger partial charge is 0.374 e. The molecule has 0 radical (unpaired) electrons. The van der Waals surface area contributed by atoms with Crippen LogP contribution in [0.3, 0.4) is 0 Å². The third-order valence-corrected chi connectivity index (χ3v) is 8.35. The molecular formula is C33H39IO7. The summed E-state index contributed by atoms with van der Waals surface area (Å²) in [4.78, 5) is 0. The summed E-state index contributed by atoms with van der Waals surface area (Å²) >= 11 is 2.38. The zero-order valence-corrected chi connectivity index (χ0v) is 25.8. The van der Waals surface area contributed by atoms with E-state index in [4.69, 9.17) is 33.2 Å². The van der Waals surface area contributed by atoms with E-state index in [1.807, 2.05) is 68.4 Å². The van der Waals surface area contributed by atoms with Crippen LogP contribution in [0.5, 0.6) is 0 Å². The predicted molar refractivity (Wildman–Crippen MR) is 163 cm³/mol. The molecule has 41 heavy (non-hydrogen) atoms. The minimum absolute atomic E-state index is 0.141. The van der Waals surface area contributed by atoms with E-state index in [1.165, 1.54) is 0 Å². The van der Waals surface area contributed by atoms with Crippen molar-refractivity contribution in [1.82, 2.24) is 0 Å². The highest BCUT2D eigenvalue weighted by molar-refractivity contribution is 14.1. The molecule has 5 rings (SSSR count). The van der Waals surface area contributed by atoms with Crippen molar-refractivity contribution < 1.29 is 33.2 Å². The SMILES string of the molecule is CC1(C)OCC(CO[C@@H]2O[C@H](COCc3ccccc3)[C@@H](OCc3ccccc3)[C@H](OCc3ccccc3)[C@H]2I)O1. The highest BCUT2D eigenvalue weighted by Gasteiger charge is 2.47. The molecule has 0 spiro atoms. The molecule has 220 valence electrons. The number of alkyl halides is 1. The Kier molecular flexibility index (Phi) is 11.2. The zero-order valence-electron chi connectivity index (χ0n) is 23.6. The summed E-state index contributed by atoms with van der Waals surface area (Å²) in [5.41, 5.74) is 3.28. The molecular weight excluding hydrogens is 635 g/mol. The van der Waals surface area contributed by atoms with Gasteiger partial charge in [0.05, 0.1) is 43.6 Å². The first-order valence-electron chi connectivity index (χ1n) is 14.1. The van der Waals surface area contributed by atoms with Crippen molar-refractivity contribution in [3.05, 3.63) is 108 Å². The van der Waals surface area contributed by atoms with Gasteiger partial charge in [-0.05, 0) is 30.5 Å². The Labute approximate surface area is 256 Å². The summed E-state index contributed by atoms with van der Waals surface area (Å²) in [5, 5.41) is 0. The fourth-order valence-corrected chi connectivity index (χ4v) is 5.97. The summed E-state index contributed by atoms with van der Waals surface area (Å²) in [6.07, 6.45) is -1.79. The number of halogens is 1. The smallest absolute Gasteiger partial charge is 0.172 e. The Morgan fingerprint density at radius 3 is 1.78 bits per heavy atom. The van der Waals surface area contributed by atoms with Crippen LogP contribution in [0.2, 0.25) is 0 Å². The first kappa shape index (κ1) is 30.6. The summed E-state index contributed by atoms with van der Waals surface area (Å²) in [5.74, 6) is -0.614. The second-order valence-electron chi connectivity index (χ2n) is 10.8. The highest BCUT2D eigenvalue weighted by Crippen LogP contribution is 2.34. The molecule has 2 saturated heterocycles. The lowest BCUT2D eigenvalue weighted by molar-refractivity contribution is -0.276. The van der Waals surface area contributed by atoms with Crippen LogP contribution in [0.4, 0.5) is 0 Å². The number of hydrogen-bond donors (Lipinski definition) is 0. The average Bonchev–Trinajstić information content (AvgIpc) is 3.35. The number of ether oxygens (including phenoxy) is 7. The highest BCUT2D eigenvalue weighted by atomic mass is 127. The Morgan fingerprint density at radius 1 is 0.707 bits per heavy atom. The fourth-order valence-electron chi connectivity index (χ4n) is 4.97. The molecule has 8 heteroatoms. The monoisotopic (exact) mass is 674 g/mol. The summed E-state index contributed by atoms with van der Waals surface area (Å²) < 4.78 is 43.8. The van der Waals surface area contributed by atoms with Crippen LogP contribution in [0, 0.1) is 0 Å². The molecule has 7 nitrogen and oxygen atoms in total. The molecule has 2 aliphatic rings. The zero-order chi connectivity index (χ0) is 28.5. The Hall–Kier alpha value is -1.89. The molecule has 0 aliphatic carbocycles. The van der Waals surface area contributed by atoms with Crippen molar-refractivity contribution in [2.24, 2.45) is 0 Å². The van der Waals surface area contributed by atoms with Crippen LogP contribution in [0.25, 0.3) is 0 Å². The Balaban J connectivity index is 1.32. The third kappa shape index (κ3) is 9.05. The van der Waals surface area contributed by atoms with Crippen LogP contribution in [-0.4, -0.2) is 60.2 Å². The molecule has 3 aromatic carbocycles. The molecule has 3 aromatic rings. The van der Waals surface area contributed by atoms with E-state index >= 15 is 0 Å². The van der Waals surface area contributed by atoms with Crippen LogP contribution in [-0.2, 0) is 53.0 Å². The van der Waals surface area contributed by atoms with E-state index in [0.717, 1.165) is 16.7 Å². The molecule has 2 aliphatic heterocycles. The summed E-state index contributed by atoms with van der Waals surface area (Å²) in [6.45, 7) is 6.35. The minimum atomic E-state index is -0.614.